The lowest BCUT2D eigenvalue weighted by molar-refractivity contribution is -0.114. The third-order valence-electron chi connectivity index (χ3n) is 1.83. The van der Waals surface area contributed by atoms with E-state index in [0.717, 1.165) is 0 Å². The van der Waals surface area contributed by atoms with Crippen LogP contribution in [0.25, 0.3) is 0 Å². The van der Waals surface area contributed by atoms with Gasteiger partial charge in [0.1, 0.15) is 6.61 Å². The molecule has 0 radical (unpaired) electrons. The maximum absolute atomic E-state index is 10.9. The van der Waals surface area contributed by atoms with Crippen LogP contribution in [0.4, 0.5) is 5.69 Å². The number of rotatable bonds is 5. The van der Waals surface area contributed by atoms with Crippen LogP contribution in [0.1, 0.15) is 6.92 Å². The molecule has 1 aromatic rings. The highest BCUT2D eigenvalue weighted by Crippen LogP contribution is 2.30. The Balaban J connectivity index is 2.87. The van der Waals surface area contributed by atoms with Crippen molar-refractivity contribution in [1.29, 1.82) is 0 Å². The van der Waals surface area contributed by atoms with Gasteiger partial charge in [-0.05, 0) is 12.1 Å². The van der Waals surface area contributed by atoms with Gasteiger partial charge in [-0.15, -0.1) is 0 Å². The second-order valence-corrected chi connectivity index (χ2v) is 3.12. The van der Waals surface area contributed by atoms with Gasteiger partial charge >= 0.3 is 0 Å². The lowest BCUT2D eigenvalue weighted by Gasteiger charge is -2.11. The van der Waals surface area contributed by atoms with Crippen LogP contribution in [-0.2, 0) is 4.79 Å². The van der Waals surface area contributed by atoms with Crippen molar-refractivity contribution in [3.63, 3.8) is 0 Å². The Morgan fingerprint density at radius 3 is 2.75 bits per heavy atom. The minimum Gasteiger partial charge on any atom is -0.493 e. The number of carbonyl (C=O) groups excluding carboxylic acids is 1. The molecule has 0 saturated carbocycles. The molecular weight excluding hydrogens is 210 g/mol. The number of methoxy groups -OCH3 is 1. The summed E-state index contributed by atoms with van der Waals surface area (Å²) < 4.78 is 10.4. The Hall–Kier alpha value is -1.75. The summed E-state index contributed by atoms with van der Waals surface area (Å²) in [5.41, 5.74) is 0.626. The molecule has 5 nitrogen and oxygen atoms in total. The van der Waals surface area contributed by atoms with Gasteiger partial charge in [-0.2, -0.15) is 0 Å². The highest BCUT2D eigenvalue weighted by Gasteiger charge is 2.06. The van der Waals surface area contributed by atoms with Gasteiger partial charge in [0.25, 0.3) is 0 Å². The van der Waals surface area contributed by atoms with Crippen molar-refractivity contribution in [2.45, 2.75) is 6.92 Å². The fourth-order valence-corrected chi connectivity index (χ4v) is 1.23. The molecule has 0 aliphatic heterocycles. The van der Waals surface area contributed by atoms with E-state index in [1.165, 1.54) is 14.0 Å². The molecule has 0 heterocycles. The van der Waals surface area contributed by atoms with Crippen molar-refractivity contribution in [2.24, 2.45) is 0 Å². The van der Waals surface area contributed by atoms with E-state index in [0.29, 0.717) is 17.2 Å². The van der Waals surface area contributed by atoms with Crippen molar-refractivity contribution in [3.8, 4) is 11.5 Å². The number of aliphatic hydroxyl groups excluding tert-OH is 1. The smallest absolute Gasteiger partial charge is 0.221 e. The molecule has 5 heteroatoms. The minimum atomic E-state index is -0.154. The summed E-state index contributed by atoms with van der Waals surface area (Å²) in [6.07, 6.45) is 0. The molecule has 0 aliphatic carbocycles. The Labute approximate surface area is 94.0 Å². The molecule has 0 aromatic heterocycles. The lowest BCUT2D eigenvalue weighted by Crippen LogP contribution is -2.07. The molecule has 1 aromatic carbocycles. The first-order valence-electron chi connectivity index (χ1n) is 4.86. The molecule has 0 atom stereocenters. The topological polar surface area (TPSA) is 67.8 Å². The molecule has 1 amide bonds. The Bertz CT molecular complexity index is 365. The van der Waals surface area contributed by atoms with Gasteiger partial charge in [-0.3, -0.25) is 4.79 Å². The predicted octanol–water partition coefficient (Wildman–Crippen LogP) is 1.02. The highest BCUT2D eigenvalue weighted by atomic mass is 16.5. The fourth-order valence-electron chi connectivity index (χ4n) is 1.23. The number of carbonyl (C=O) groups is 1. The zero-order valence-electron chi connectivity index (χ0n) is 9.32. The van der Waals surface area contributed by atoms with Gasteiger partial charge in [0.2, 0.25) is 5.91 Å². The van der Waals surface area contributed by atoms with Gasteiger partial charge in [-0.1, -0.05) is 0 Å². The van der Waals surface area contributed by atoms with E-state index in [-0.39, 0.29) is 19.1 Å². The third-order valence-corrected chi connectivity index (χ3v) is 1.83. The molecule has 0 aliphatic rings. The van der Waals surface area contributed by atoms with E-state index >= 15 is 0 Å². The molecule has 0 spiro atoms. The minimum absolute atomic E-state index is 0.0759. The third kappa shape index (κ3) is 3.43. The van der Waals surface area contributed by atoms with E-state index in [9.17, 15) is 4.79 Å². The summed E-state index contributed by atoms with van der Waals surface area (Å²) in [6, 6.07) is 5.06. The standard InChI is InChI=1S/C11H15NO4/c1-8(14)12-9-3-4-10(15-2)11(7-9)16-6-5-13/h3-4,7,13H,5-6H2,1-2H3,(H,12,14). The van der Waals surface area contributed by atoms with Crippen LogP contribution in [0.3, 0.4) is 0 Å². The fraction of sp³-hybridized carbons (Fsp3) is 0.364. The van der Waals surface area contributed by atoms with Crippen LogP contribution in [0, 0.1) is 0 Å². The van der Waals surface area contributed by atoms with Crippen LogP contribution in [0.15, 0.2) is 18.2 Å². The van der Waals surface area contributed by atoms with Crippen LogP contribution < -0.4 is 14.8 Å². The van der Waals surface area contributed by atoms with Crippen LogP contribution in [-0.4, -0.2) is 31.3 Å². The molecule has 2 N–H and O–H groups in total. The average molecular weight is 225 g/mol. The normalized spacial score (nSPS) is 9.69. The number of aliphatic hydroxyl groups is 1. The van der Waals surface area contributed by atoms with Gasteiger partial charge in [0.05, 0.1) is 13.7 Å². The van der Waals surface area contributed by atoms with Crippen LogP contribution in [0.2, 0.25) is 0 Å². The Morgan fingerprint density at radius 1 is 1.44 bits per heavy atom. The highest BCUT2D eigenvalue weighted by molar-refractivity contribution is 5.89. The lowest BCUT2D eigenvalue weighted by atomic mass is 10.2. The number of ether oxygens (including phenoxy) is 2. The Kier molecular flexibility index (Phi) is 4.60. The van der Waals surface area contributed by atoms with Gasteiger partial charge in [-0.25, -0.2) is 0 Å². The molecule has 16 heavy (non-hydrogen) atoms. The van der Waals surface area contributed by atoms with Crippen molar-refractivity contribution < 1.29 is 19.4 Å². The first-order chi connectivity index (χ1) is 7.67. The summed E-state index contributed by atoms with van der Waals surface area (Å²) in [5, 5.41) is 11.3. The molecule has 0 unspecified atom stereocenters. The Morgan fingerprint density at radius 2 is 2.19 bits per heavy atom. The monoisotopic (exact) mass is 225 g/mol. The summed E-state index contributed by atoms with van der Waals surface area (Å²) >= 11 is 0. The van der Waals surface area contributed by atoms with Crippen LogP contribution in [0.5, 0.6) is 11.5 Å². The molecular formula is C11H15NO4. The summed E-state index contributed by atoms with van der Waals surface area (Å²) in [6.45, 7) is 1.53. The zero-order valence-corrected chi connectivity index (χ0v) is 9.32. The second-order valence-electron chi connectivity index (χ2n) is 3.12. The molecule has 0 saturated heterocycles. The van der Waals surface area contributed by atoms with Crippen molar-refractivity contribution in [1.82, 2.24) is 0 Å². The quantitative estimate of drug-likeness (QED) is 0.785. The SMILES string of the molecule is COc1ccc(NC(C)=O)cc1OCCO. The first kappa shape index (κ1) is 12.3. The maximum Gasteiger partial charge on any atom is 0.221 e. The predicted molar refractivity (Wildman–Crippen MR) is 59.9 cm³/mol. The number of anilines is 1. The van der Waals surface area contributed by atoms with Gasteiger partial charge < -0.3 is 19.9 Å². The summed E-state index contributed by atoms with van der Waals surface area (Å²) in [4.78, 5) is 10.9. The average Bonchev–Trinajstić information content (AvgIpc) is 2.25. The van der Waals surface area contributed by atoms with Crippen molar-refractivity contribution >= 4 is 11.6 Å². The molecule has 0 bridgehead atoms. The van der Waals surface area contributed by atoms with Crippen molar-refractivity contribution in [3.05, 3.63) is 18.2 Å². The maximum atomic E-state index is 10.9. The first-order valence-corrected chi connectivity index (χ1v) is 4.86. The van der Waals surface area contributed by atoms with Crippen molar-refractivity contribution in [2.75, 3.05) is 25.6 Å². The van der Waals surface area contributed by atoms with E-state index in [1.54, 1.807) is 18.2 Å². The molecule has 88 valence electrons. The van der Waals surface area contributed by atoms with Gasteiger partial charge in [0, 0.05) is 18.7 Å². The number of hydrogen-bond donors (Lipinski definition) is 2. The number of nitrogens with one attached hydrogen (secondary N) is 1. The van der Waals surface area contributed by atoms with E-state index in [1.807, 2.05) is 0 Å². The van der Waals surface area contributed by atoms with E-state index in [2.05, 4.69) is 5.32 Å². The molecule has 1 rings (SSSR count). The van der Waals surface area contributed by atoms with E-state index in [4.69, 9.17) is 14.6 Å². The van der Waals surface area contributed by atoms with Gasteiger partial charge in [0.15, 0.2) is 11.5 Å². The summed E-state index contributed by atoms with van der Waals surface area (Å²) in [7, 11) is 1.53. The molecule has 0 fully saturated rings. The zero-order chi connectivity index (χ0) is 12.0. The number of amides is 1. The van der Waals surface area contributed by atoms with E-state index < -0.39 is 0 Å². The number of hydrogen-bond acceptors (Lipinski definition) is 4. The largest absolute Gasteiger partial charge is 0.493 e. The van der Waals surface area contributed by atoms with Crippen LogP contribution >= 0.6 is 0 Å². The number of benzene rings is 1. The summed E-state index contributed by atoms with van der Waals surface area (Å²) in [5.74, 6) is 0.892. The second kappa shape index (κ2) is 5.97.